The van der Waals surface area contributed by atoms with Crippen LogP contribution in [0.3, 0.4) is 0 Å². The molecular formula is H5Na20O50P25. The molecule has 0 aromatic carbocycles. The maximum Gasteiger partial charge on any atom is 1.00 e. The number of hydrogen-bond donors (Lipinski definition) is 5. The summed E-state index contributed by atoms with van der Waals surface area (Å²) in [6.45, 7) is 0. The Labute approximate surface area is 1020 Å². The molecule has 0 spiro atoms. The van der Waals surface area contributed by atoms with Crippen LogP contribution in [0, 0.1) is 0 Å². The van der Waals surface area contributed by atoms with E-state index < -0.39 is 217 Å². The Kier molecular flexibility index (Phi) is 2240. The molecule has 0 aliphatic carbocycles. The Hall–Kier alpha value is 21.5. The van der Waals surface area contributed by atoms with Crippen LogP contribution in [0.15, 0.2) is 0 Å². The van der Waals surface area contributed by atoms with Crippen LogP contribution in [0.2, 0.25) is 0 Å². The minimum Gasteiger partial charge on any atom is -0.772 e. The van der Waals surface area contributed by atoms with E-state index in [2.05, 4.69) is 0 Å². The molecule has 0 aliphatic heterocycles. The molecule has 0 bridgehead atoms. The van der Waals surface area contributed by atoms with Gasteiger partial charge in [0.15, 0.2) is 0 Å². The molecule has 0 saturated carbocycles. The first-order valence-electron chi connectivity index (χ1n) is 9.22. The molecule has 0 radical (unpaired) electrons. The van der Waals surface area contributed by atoms with Gasteiger partial charge in [-0.1, -0.05) is 0 Å². The third kappa shape index (κ3) is 3220. The number of rotatable bonds is 0. The fourth-order valence-electron chi connectivity index (χ4n) is 0. The standard InChI is InChI=1S/20Na.25HO2P/c;;;;;;;;;;;;;;;;;;;;25*1-3-2/h;;;;;;;;;;;;;;;;;;;;25*(H,1,2)/q20*+1;;;;;;;;;;;;;;;;;;;;;;;;;/p-20. The SMILES string of the molecule is O=PO.O=PO.O=PO.O=PO.O=PO.O=P[O-].O=P[O-].O=P[O-].O=P[O-].O=P[O-].O=P[O-].O=P[O-].O=P[O-].O=P[O-].O=P[O-].O=P[O-].O=P[O-].O=P[O-].O=P[O-].O=P[O-].O=P[O-].O=P[O-].O=P[O-].O=P[O-].O=P[O-].[Na+].[Na+].[Na+].[Na+].[Na+].[Na+].[Na+].[Na+].[Na+].[Na+].[Na+].[Na+].[Na+].[Na+].[Na+].[Na+].[Na+].[Na+].[Na+].[Na+]. The monoisotopic (exact) mass is 2040 g/mol. The molecule has 0 aromatic rings. The largest absolute Gasteiger partial charge is 1.00 e. The first kappa shape index (κ1) is 304. The Morgan fingerprint density at radius 2 is 0.105 bits per heavy atom. The van der Waals surface area contributed by atoms with Gasteiger partial charge in [0.1, 0.15) is 0 Å². The van der Waals surface area contributed by atoms with E-state index in [-0.39, 0.29) is 591 Å². The molecule has 0 aliphatic rings. The van der Waals surface area contributed by atoms with E-state index in [9.17, 15) is 0 Å². The van der Waals surface area contributed by atoms with E-state index in [1.165, 1.54) is 0 Å². The zero-order valence-corrected chi connectivity index (χ0v) is 114. The Morgan fingerprint density at radius 3 is 0.105 bits per heavy atom. The smallest absolute Gasteiger partial charge is 0.772 e. The Morgan fingerprint density at radius 1 is 0.105 bits per heavy atom. The molecule has 95 heavy (non-hydrogen) atoms. The number of hydrogen-bond acceptors (Lipinski definition) is 45. The van der Waals surface area contributed by atoms with Gasteiger partial charge in [-0.3, -0.25) is 91.3 Å². The minimum absolute atomic E-state index is 0. The average Bonchev–Trinajstić information content (AvgIpc) is 3.28. The van der Waals surface area contributed by atoms with E-state index in [0.717, 1.165) is 0 Å². The summed E-state index contributed by atoms with van der Waals surface area (Å²) in [5.74, 6) is 0. The zero-order chi connectivity index (χ0) is 67.7. The van der Waals surface area contributed by atoms with Crippen molar-refractivity contribution in [2.75, 3.05) is 0 Å². The molecule has 0 saturated heterocycles. The van der Waals surface area contributed by atoms with E-state index in [0.29, 0.717) is 0 Å². The first-order valence-corrected chi connectivity index (χ1v) is 27.6. The molecule has 0 fully saturated rings. The minimum atomic E-state index is -1.08. The summed E-state index contributed by atoms with van der Waals surface area (Å²) >= 11 is 0. The van der Waals surface area contributed by atoms with Gasteiger partial charge in [-0.2, -0.15) is 0 Å². The second-order valence-corrected chi connectivity index (χ2v) is 5.70. The van der Waals surface area contributed by atoms with Crippen LogP contribution < -0.4 is 689 Å². The second kappa shape index (κ2) is 700. The van der Waals surface area contributed by atoms with Crippen LogP contribution >= 0.6 is 217 Å². The maximum absolute atomic E-state index is 8.46. The van der Waals surface area contributed by atoms with Crippen molar-refractivity contribution in [3.05, 3.63) is 0 Å². The van der Waals surface area contributed by atoms with Gasteiger partial charge in [0.2, 0.25) is 0 Å². The second-order valence-electron chi connectivity index (χ2n) is 1.90. The van der Waals surface area contributed by atoms with Gasteiger partial charge in [0.25, 0.3) is 0 Å². The molecule has 50 nitrogen and oxygen atoms in total. The van der Waals surface area contributed by atoms with E-state index >= 15 is 0 Å². The van der Waals surface area contributed by atoms with Crippen LogP contribution in [-0.4, -0.2) is 24.5 Å². The summed E-state index contributed by atoms with van der Waals surface area (Å²) in [6, 6.07) is 0. The molecule has 0 atom stereocenters. The van der Waals surface area contributed by atoms with E-state index in [1.807, 2.05) is 0 Å². The molecular weight excluding hydrogens is 2030 g/mol. The summed E-state index contributed by atoms with van der Waals surface area (Å²) in [6.07, 6.45) is 0. The molecule has 0 rings (SSSR count). The van der Waals surface area contributed by atoms with Crippen molar-refractivity contribution < 1.29 is 828 Å². The summed E-state index contributed by atoms with van der Waals surface area (Å²) in [5, 5.41) is 0. The Bertz CT molecular complexity index is 675. The van der Waals surface area contributed by atoms with Crippen molar-refractivity contribution in [2.45, 2.75) is 0 Å². The molecule has 95 heteroatoms. The molecule has 0 amide bonds. The van der Waals surface area contributed by atoms with E-state index in [1.54, 1.807) is 0 Å². The van der Waals surface area contributed by atoms with Crippen molar-refractivity contribution >= 4 is 217 Å². The quantitative estimate of drug-likeness (QED) is 0.111. The van der Waals surface area contributed by atoms with E-state index in [4.69, 9.17) is 236 Å². The summed E-state index contributed by atoms with van der Waals surface area (Å²) in [7, 11) is -25.8. The van der Waals surface area contributed by atoms with Crippen molar-refractivity contribution in [2.24, 2.45) is 0 Å². The average molecular weight is 2040 g/mol. The van der Waals surface area contributed by atoms with Gasteiger partial charge in [0, 0.05) is 0 Å². The molecule has 0 unspecified atom stereocenters. The summed E-state index contributed by atoms with van der Waals surface area (Å²) in [5.41, 5.74) is 0. The summed E-state index contributed by atoms with van der Waals surface area (Å²) < 4.78 is 209. The van der Waals surface area contributed by atoms with Crippen molar-refractivity contribution in [3.8, 4) is 0 Å². The van der Waals surface area contributed by atoms with Crippen molar-refractivity contribution in [3.63, 3.8) is 0 Å². The van der Waals surface area contributed by atoms with Crippen molar-refractivity contribution in [1.29, 1.82) is 0 Å². The Balaban J connectivity index is -0.00000000632. The first-order chi connectivity index (χ1) is 35.4. The van der Waals surface area contributed by atoms with Crippen LogP contribution in [0.1, 0.15) is 0 Å². The molecule has 450 valence electrons. The topological polar surface area (TPSA) is 989 Å². The molecule has 0 aromatic heterocycles. The van der Waals surface area contributed by atoms with Gasteiger partial charge < -0.3 is 122 Å². The third-order valence-corrected chi connectivity index (χ3v) is 0. The van der Waals surface area contributed by atoms with Crippen LogP contribution in [0.25, 0.3) is 0 Å². The predicted molar refractivity (Wildman–Crippen MR) is 201 cm³/mol. The third-order valence-electron chi connectivity index (χ3n) is 0. The van der Waals surface area contributed by atoms with Crippen LogP contribution in [0.4, 0.5) is 0 Å². The summed E-state index contributed by atoms with van der Waals surface area (Å²) in [4.78, 5) is 202. The van der Waals surface area contributed by atoms with Gasteiger partial charge in [-0.05, 0) is 0 Å². The van der Waals surface area contributed by atoms with Gasteiger partial charge in [0.05, 0.1) is 174 Å². The van der Waals surface area contributed by atoms with Gasteiger partial charge in [-0.25, -0.2) is 22.8 Å². The van der Waals surface area contributed by atoms with Crippen LogP contribution in [-0.2, 0) is 114 Å². The fourth-order valence-corrected chi connectivity index (χ4v) is 0. The van der Waals surface area contributed by atoms with Crippen molar-refractivity contribution in [1.82, 2.24) is 0 Å². The normalized spacial score (nSPS) is 5.53. The maximum atomic E-state index is 8.46. The molecule has 0 heterocycles. The predicted octanol–water partition coefficient (Wildman–Crippen LogP) is -67.9. The van der Waals surface area contributed by atoms with Crippen LogP contribution in [0.5, 0.6) is 0 Å². The zero-order valence-electron chi connectivity index (χ0n) is 51.8. The fraction of sp³-hybridized carbons (Fsp3) is 0. The van der Waals surface area contributed by atoms with Gasteiger partial charge >= 0.3 is 635 Å². The van der Waals surface area contributed by atoms with Gasteiger partial charge in [-0.15, -0.1) is 0 Å². The molecule has 5 N–H and O–H groups in total.